The highest BCUT2D eigenvalue weighted by atomic mass is 16.5. The van der Waals surface area contributed by atoms with E-state index in [0.29, 0.717) is 12.1 Å². The minimum absolute atomic E-state index is 0.0173. The van der Waals surface area contributed by atoms with Crippen molar-refractivity contribution in [2.45, 2.75) is 31.7 Å². The van der Waals surface area contributed by atoms with Crippen molar-refractivity contribution >= 4 is 23.7 Å². The molecule has 0 aliphatic heterocycles. The Bertz CT molecular complexity index is 1190. The van der Waals surface area contributed by atoms with Gasteiger partial charge in [0.15, 0.2) is 0 Å². The Kier molecular flexibility index (Phi) is 7.15. The molecule has 7 nitrogen and oxygen atoms in total. The Morgan fingerprint density at radius 1 is 0.943 bits per heavy atom. The molecular weight excluding hydrogens is 444 g/mol. The number of carbonyl (C=O) groups excluding carboxylic acids is 2. The molecule has 7 heteroatoms. The van der Waals surface area contributed by atoms with Crippen LogP contribution in [0.25, 0.3) is 11.1 Å². The van der Waals surface area contributed by atoms with Crippen LogP contribution in [-0.4, -0.2) is 47.7 Å². The van der Waals surface area contributed by atoms with Crippen molar-refractivity contribution in [2.75, 3.05) is 19.0 Å². The molecular formula is C28H28N2O5. The number of carbonyl (C=O) groups is 3. The number of likely N-dealkylation sites (N-methyl/N-ethyl adjacent to an activating group) is 1. The number of ether oxygens (including phenoxy) is 1. The lowest BCUT2D eigenvalue weighted by molar-refractivity contribution is -0.148. The van der Waals surface area contributed by atoms with Crippen molar-refractivity contribution < 1.29 is 24.2 Å². The largest absolute Gasteiger partial charge is 0.480 e. The molecule has 2 N–H and O–H groups in total. The predicted molar refractivity (Wildman–Crippen MR) is 133 cm³/mol. The maximum absolute atomic E-state index is 12.5. The van der Waals surface area contributed by atoms with Gasteiger partial charge in [-0.15, -0.1) is 0 Å². The summed E-state index contributed by atoms with van der Waals surface area (Å²) in [5, 5.41) is 12.0. The topological polar surface area (TPSA) is 95.9 Å². The summed E-state index contributed by atoms with van der Waals surface area (Å²) in [6, 6.07) is 22.3. The Morgan fingerprint density at radius 2 is 1.51 bits per heavy atom. The summed E-state index contributed by atoms with van der Waals surface area (Å²) in [6.07, 6.45) is -0.144. The Balaban J connectivity index is 1.33. The smallest absolute Gasteiger partial charge is 0.411 e. The number of fused-ring (bicyclic) bond motifs is 3. The maximum Gasteiger partial charge on any atom is 0.411 e. The predicted octanol–water partition coefficient (Wildman–Crippen LogP) is 4.91. The Morgan fingerprint density at radius 3 is 2.06 bits per heavy atom. The van der Waals surface area contributed by atoms with Gasteiger partial charge in [-0.05, 0) is 46.4 Å². The van der Waals surface area contributed by atoms with Crippen LogP contribution < -0.4 is 5.32 Å². The number of hydrogen-bond acceptors (Lipinski definition) is 4. The summed E-state index contributed by atoms with van der Waals surface area (Å²) in [7, 11) is 1.50. The number of benzene rings is 3. The molecule has 0 saturated heterocycles. The average Bonchev–Trinajstić information content (AvgIpc) is 3.18. The highest BCUT2D eigenvalue weighted by Crippen LogP contribution is 2.44. The molecule has 0 spiro atoms. The van der Waals surface area contributed by atoms with E-state index in [9.17, 15) is 19.5 Å². The van der Waals surface area contributed by atoms with Crippen LogP contribution in [0.3, 0.4) is 0 Å². The summed E-state index contributed by atoms with van der Waals surface area (Å²) in [5.74, 6) is -1.32. The highest BCUT2D eigenvalue weighted by molar-refractivity contribution is 5.86. The molecule has 1 atom stereocenters. The number of aliphatic carboxylic acids is 1. The van der Waals surface area contributed by atoms with Crippen LogP contribution in [0, 0.1) is 0 Å². The van der Waals surface area contributed by atoms with Crippen molar-refractivity contribution in [2.24, 2.45) is 0 Å². The fourth-order valence-corrected chi connectivity index (χ4v) is 4.55. The van der Waals surface area contributed by atoms with Gasteiger partial charge in [-0.2, -0.15) is 0 Å². The van der Waals surface area contributed by atoms with Gasteiger partial charge in [0.1, 0.15) is 12.6 Å². The van der Waals surface area contributed by atoms with Crippen molar-refractivity contribution in [3.63, 3.8) is 0 Å². The second-order valence-corrected chi connectivity index (χ2v) is 8.59. The second kappa shape index (κ2) is 10.4. The van der Waals surface area contributed by atoms with E-state index in [1.54, 1.807) is 31.2 Å². The molecule has 3 aromatic carbocycles. The van der Waals surface area contributed by atoms with E-state index in [1.165, 1.54) is 23.1 Å². The summed E-state index contributed by atoms with van der Waals surface area (Å²) in [6.45, 7) is 1.95. The van der Waals surface area contributed by atoms with E-state index in [2.05, 4.69) is 29.6 Å². The van der Waals surface area contributed by atoms with Gasteiger partial charge in [-0.3, -0.25) is 10.1 Å². The number of hydrogen-bond donors (Lipinski definition) is 2. The molecule has 35 heavy (non-hydrogen) atoms. The molecule has 0 heterocycles. The van der Waals surface area contributed by atoms with Gasteiger partial charge >= 0.3 is 12.1 Å². The molecule has 2 amide bonds. The van der Waals surface area contributed by atoms with Gasteiger partial charge in [0.25, 0.3) is 0 Å². The first-order valence-corrected chi connectivity index (χ1v) is 11.6. The summed E-state index contributed by atoms with van der Waals surface area (Å²) >= 11 is 0. The van der Waals surface area contributed by atoms with Crippen molar-refractivity contribution in [1.29, 1.82) is 0 Å². The SMILES string of the molecule is CCC(C(=O)O)N(C)C(=O)Cc1ccc(NC(=O)OCC2c3ccccc3-c3ccccc32)cc1. The fourth-order valence-electron chi connectivity index (χ4n) is 4.55. The van der Waals surface area contributed by atoms with E-state index in [4.69, 9.17) is 4.74 Å². The zero-order chi connectivity index (χ0) is 24.9. The third-order valence-electron chi connectivity index (χ3n) is 6.43. The van der Waals surface area contributed by atoms with E-state index >= 15 is 0 Å². The van der Waals surface area contributed by atoms with Gasteiger partial charge < -0.3 is 14.7 Å². The monoisotopic (exact) mass is 472 g/mol. The average molecular weight is 473 g/mol. The highest BCUT2D eigenvalue weighted by Gasteiger charge is 2.29. The Hall–Kier alpha value is -4.13. The van der Waals surface area contributed by atoms with Crippen molar-refractivity contribution in [3.8, 4) is 11.1 Å². The van der Waals surface area contributed by atoms with E-state index in [1.807, 2.05) is 24.3 Å². The van der Waals surface area contributed by atoms with E-state index in [-0.39, 0.29) is 24.9 Å². The van der Waals surface area contributed by atoms with Crippen LogP contribution in [0.15, 0.2) is 72.8 Å². The number of carboxylic acids is 1. The first kappa shape index (κ1) is 24.0. The van der Waals surface area contributed by atoms with Crippen LogP contribution in [0.2, 0.25) is 0 Å². The first-order valence-electron chi connectivity index (χ1n) is 11.6. The molecule has 0 radical (unpaired) electrons. The minimum atomic E-state index is -1.02. The first-order chi connectivity index (χ1) is 16.9. The van der Waals surface area contributed by atoms with Gasteiger partial charge in [-0.25, -0.2) is 9.59 Å². The van der Waals surface area contributed by atoms with Gasteiger partial charge in [0, 0.05) is 18.7 Å². The summed E-state index contributed by atoms with van der Waals surface area (Å²) in [4.78, 5) is 37.5. The van der Waals surface area contributed by atoms with Crippen LogP contribution in [-0.2, 0) is 20.7 Å². The minimum Gasteiger partial charge on any atom is -0.480 e. The number of anilines is 1. The zero-order valence-corrected chi connectivity index (χ0v) is 19.7. The molecule has 3 aromatic rings. The fraction of sp³-hybridized carbons (Fsp3) is 0.250. The van der Waals surface area contributed by atoms with E-state index in [0.717, 1.165) is 16.7 Å². The second-order valence-electron chi connectivity index (χ2n) is 8.59. The third-order valence-corrected chi connectivity index (χ3v) is 6.43. The summed E-state index contributed by atoms with van der Waals surface area (Å²) < 4.78 is 5.56. The lowest BCUT2D eigenvalue weighted by atomic mass is 9.98. The van der Waals surface area contributed by atoms with E-state index < -0.39 is 18.1 Å². The Labute approximate surface area is 204 Å². The zero-order valence-electron chi connectivity index (χ0n) is 19.7. The van der Waals surface area contributed by atoms with Crippen LogP contribution in [0.1, 0.15) is 36.0 Å². The molecule has 0 bridgehead atoms. The molecule has 0 aromatic heterocycles. The number of nitrogens with zero attached hydrogens (tertiary/aromatic N) is 1. The number of rotatable bonds is 8. The van der Waals surface area contributed by atoms with Crippen LogP contribution >= 0.6 is 0 Å². The van der Waals surface area contributed by atoms with Crippen molar-refractivity contribution in [3.05, 3.63) is 89.5 Å². The quantitative estimate of drug-likeness (QED) is 0.486. The normalized spacial score (nSPS) is 12.9. The molecule has 180 valence electrons. The number of amides is 2. The lowest BCUT2D eigenvalue weighted by Gasteiger charge is -2.23. The lowest BCUT2D eigenvalue weighted by Crippen LogP contribution is -2.42. The molecule has 1 aliphatic carbocycles. The molecule has 1 unspecified atom stereocenters. The third kappa shape index (κ3) is 5.19. The molecule has 4 rings (SSSR count). The molecule has 0 fully saturated rings. The van der Waals surface area contributed by atoms with Gasteiger partial charge in [0.05, 0.1) is 6.42 Å². The number of nitrogens with one attached hydrogen (secondary N) is 1. The standard InChI is InChI=1S/C28H28N2O5/c1-3-25(27(32)33)30(2)26(31)16-18-12-14-19(15-13-18)29-28(34)35-17-24-22-10-6-4-8-20(22)21-9-5-7-11-23(21)24/h4-15,24-25H,3,16-17H2,1-2H3,(H,29,34)(H,32,33). The van der Waals surface area contributed by atoms with Gasteiger partial charge in [-0.1, -0.05) is 67.6 Å². The van der Waals surface area contributed by atoms with Crippen molar-refractivity contribution in [1.82, 2.24) is 4.90 Å². The van der Waals surface area contributed by atoms with Crippen LogP contribution in [0.4, 0.5) is 10.5 Å². The van der Waals surface area contributed by atoms with Crippen LogP contribution in [0.5, 0.6) is 0 Å². The number of carboxylic acid groups (broad SMARTS) is 1. The van der Waals surface area contributed by atoms with Gasteiger partial charge in [0.2, 0.25) is 5.91 Å². The summed E-state index contributed by atoms with van der Waals surface area (Å²) in [5.41, 5.74) is 5.90. The molecule has 1 aliphatic rings. The molecule has 0 saturated carbocycles. The maximum atomic E-state index is 12.5.